The fourth-order valence-corrected chi connectivity index (χ4v) is 1.66. The molecule has 76 valence electrons. The fourth-order valence-electron chi connectivity index (χ4n) is 1.66. The van der Waals surface area contributed by atoms with E-state index in [2.05, 4.69) is 4.98 Å². The number of hydrogen-bond donors (Lipinski definition) is 0. The van der Waals surface area contributed by atoms with E-state index in [1.165, 1.54) is 6.07 Å². The Morgan fingerprint density at radius 3 is 2.53 bits per heavy atom. The van der Waals surface area contributed by atoms with E-state index in [4.69, 9.17) is 0 Å². The lowest BCUT2D eigenvalue weighted by atomic mass is 10.0. The van der Waals surface area contributed by atoms with Gasteiger partial charge < -0.3 is 0 Å². The Bertz CT molecular complexity index is 492. The van der Waals surface area contributed by atoms with Crippen LogP contribution in [0.2, 0.25) is 0 Å². The molecule has 0 saturated heterocycles. The predicted molar refractivity (Wildman–Crippen MR) is 59.1 cm³/mol. The van der Waals surface area contributed by atoms with Crippen LogP contribution in [0.1, 0.15) is 11.3 Å². The molecule has 0 radical (unpaired) electrons. The molecule has 1 aromatic carbocycles. The van der Waals surface area contributed by atoms with E-state index in [1.807, 2.05) is 26.0 Å². The Morgan fingerprint density at radius 2 is 1.87 bits per heavy atom. The predicted octanol–water partition coefficient (Wildman–Crippen LogP) is 3.50. The number of rotatable bonds is 1. The molecule has 2 aromatic rings. The normalized spacial score (nSPS) is 10.3. The molecule has 1 nitrogen and oxygen atoms in total. The summed E-state index contributed by atoms with van der Waals surface area (Å²) >= 11 is 0. The molecule has 0 bridgehead atoms. The molecule has 0 N–H and O–H groups in total. The molecule has 1 aromatic heterocycles. The number of aryl methyl sites for hydroxylation is 2. The summed E-state index contributed by atoms with van der Waals surface area (Å²) in [5, 5.41) is 0. The largest absolute Gasteiger partial charge is 0.262 e. The average Bonchev–Trinajstić information content (AvgIpc) is 2.17. The summed E-state index contributed by atoms with van der Waals surface area (Å²) < 4.78 is 12.9. The molecule has 0 aliphatic rings. The van der Waals surface area contributed by atoms with Gasteiger partial charge in [0, 0.05) is 11.9 Å². The maximum atomic E-state index is 12.9. The molecule has 0 amide bonds. The second kappa shape index (κ2) is 3.81. The number of benzene rings is 1. The van der Waals surface area contributed by atoms with Crippen LogP contribution in [0.4, 0.5) is 4.39 Å². The van der Waals surface area contributed by atoms with E-state index in [-0.39, 0.29) is 5.82 Å². The lowest BCUT2D eigenvalue weighted by molar-refractivity contribution is 0.627. The van der Waals surface area contributed by atoms with Crippen molar-refractivity contribution in [3.63, 3.8) is 0 Å². The Morgan fingerprint density at radius 1 is 1.07 bits per heavy atom. The van der Waals surface area contributed by atoms with Crippen molar-refractivity contribution >= 4 is 0 Å². The lowest BCUT2D eigenvalue weighted by Gasteiger charge is -2.06. The van der Waals surface area contributed by atoms with Crippen LogP contribution in [0.3, 0.4) is 0 Å². The highest BCUT2D eigenvalue weighted by atomic mass is 19.1. The molecule has 0 aliphatic carbocycles. The second-order valence-electron chi connectivity index (χ2n) is 3.65. The van der Waals surface area contributed by atoms with Crippen LogP contribution in [-0.2, 0) is 0 Å². The topological polar surface area (TPSA) is 12.9 Å². The van der Waals surface area contributed by atoms with Crippen LogP contribution in [0.15, 0.2) is 36.5 Å². The van der Waals surface area contributed by atoms with Gasteiger partial charge >= 0.3 is 0 Å². The van der Waals surface area contributed by atoms with E-state index >= 15 is 0 Å². The van der Waals surface area contributed by atoms with Crippen molar-refractivity contribution < 1.29 is 4.39 Å². The van der Waals surface area contributed by atoms with Gasteiger partial charge in [0.2, 0.25) is 0 Å². The molecular weight excluding hydrogens is 189 g/mol. The van der Waals surface area contributed by atoms with Gasteiger partial charge in [-0.05, 0) is 54.8 Å². The Labute approximate surface area is 88.6 Å². The van der Waals surface area contributed by atoms with Gasteiger partial charge in [-0.3, -0.25) is 4.98 Å². The zero-order chi connectivity index (χ0) is 10.8. The first kappa shape index (κ1) is 9.84. The molecular formula is C13H12FN. The molecule has 0 fully saturated rings. The van der Waals surface area contributed by atoms with Gasteiger partial charge in [-0.2, -0.15) is 0 Å². The van der Waals surface area contributed by atoms with Gasteiger partial charge in [0.05, 0.1) is 0 Å². The fraction of sp³-hybridized carbons (Fsp3) is 0.154. The van der Waals surface area contributed by atoms with Gasteiger partial charge in [-0.1, -0.05) is 6.07 Å². The standard InChI is InChI=1S/C13H12FN/c1-9-7-12(14)3-4-13(9)11-5-6-15-10(2)8-11/h3-8H,1-2H3. The third-order valence-corrected chi connectivity index (χ3v) is 2.40. The number of halogens is 1. The smallest absolute Gasteiger partial charge is 0.123 e. The first-order valence-corrected chi connectivity index (χ1v) is 4.86. The molecule has 0 spiro atoms. The first-order valence-electron chi connectivity index (χ1n) is 4.86. The van der Waals surface area contributed by atoms with Crippen LogP contribution in [-0.4, -0.2) is 4.98 Å². The Hall–Kier alpha value is -1.70. The monoisotopic (exact) mass is 201 g/mol. The van der Waals surface area contributed by atoms with Gasteiger partial charge in [-0.25, -0.2) is 4.39 Å². The van der Waals surface area contributed by atoms with Crippen LogP contribution < -0.4 is 0 Å². The first-order chi connectivity index (χ1) is 7.16. The van der Waals surface area contributed by atoms with Crippen molar-refractivity contribution in [2.24, 2.45) is 0 Å². The van der Waals surface area contributed by atoms with Crippen LogP contribution in [0, 0.1) is 19.7 Å². The molecule has 0 aliphatic heterocycles. The molecule has 2 rings (SSSR count). The molecule has 0 atom stereocenters. The van der Waals surface area contributed by atoms with Crippen molar-refractivity contribution in [1.82, 2.24) is 4.98 Å². The third-order valence-electron chi connectivity index (χ3n) is 2.40. The quantitative estimate of drug-likeness (QED) is 0.688. The van der Waals surface area contributed by atoms with E-state index in [1.54, 1.807) is 18.3 Å². The van der Waals surface area contributed by atoms with Crippen molar-refractivity contribution in [3.8, 4) is 11.1 Å². The lowest BCUT2D eigenvalue weighted by Crippen LogP contribution is -1.87. The van der Waals surface area contributed by atoms with Crippen LogP contribution in [0.25, 0.3) is 11.1 Å². The highest BCUT2D eigenvalue weighted by Crippen LogP contribution is 2.23. The summed E-state index contributed by atoms with van der Waals surface area (Å²) in [6.07, 6.45) is 1.77. The summed E-state index contributed by atoms with van der Waals surface area (Å²) in [6, 6.07) is 8.77. The minimum absolute atomic E-state index is 0.193. The van der Waals surface area contributed by atoms with E-state index in [9.17, 15) is 4.39 Å². The van der Waals surface area contributed by atoms with Gasteiger partial charge in [0.1, 0.15) is 5.82 Å². The summed E-state index contributed by atoms with van der Waals surface area (Å²) in [5.41, 5.74) is 4.05. The highest BCUT2D eigenvalue weighted by Gasteiger charge is 2.03. The average molecular weight is 201 g/mol. The Kier molecular flexibility index (Phi) is 2.50. The number of hydrogen-bond acceptors (Lipinski definition) is 1. The van der Waals surface area contributed by atoms with Gasteiger partial charge in [0.25, 0.3) is 0 Å². The zero-order valence-electron chi connectivity index (χ0n) is 8.79. The number of pyridine rings is 1. The summed E-state index contributed by atoms with van der Waals surface area (Å²) in [6.45, 7) is 3.86. The second-order valence-corrected chi connectivity index (χ2v) is 3.65. The third kappa shape index (κ3) is 2.04. The maximum absolute atomic E-state index is 12.9. The minimum Gasteiger partial charge on any atom is -0.262 e. The van der Waals surface area contributed by atoms with Crippen LogP contribution in [0.5, 0.6) is 0 Å². The SMILES string of the molecule is Cc1cc(-c2ccc(F)cc2C)ccn1. The molecule has 1 heterocycles. The minimum atomic E-state index is -0.193. The van der Waals surface area contributed by atoms with E-state index in [0.29, 0.717) is 0 Å². The number of aromatic nitrogens is 1. The van der Waals surface area contributed by atoms with Gasteiger partial charge in [-0.15, -0.1) is 0 Å². The Balaban J connectivity index is 2.54. The summed E-state index contributed by atoms with van der Waals surface area (Å²) in [5.74, 6) is -0.193. The molecule has 15 heavy (non-hydrogen) atoms. The summed E-state index contributed by atoms with van der Waals surface area (Å²) in [4.78, 5) is 4.14. The van der Waals surface area contributed by atoms with E-state index in [0.717, 1.165) is 22.4 Å². The van der Waals surface area contributed by atoms with Crippen LogP contribution >= 0.6 is 0 Å². The zero-order valence-corrected chi connectivity index (χ0v) is 8.79. The van der Waals surface area contributed by atoms with Crippen molar-refractivity contribution in [2.45, 2.75) is 13.8 Å². The van der Waals surface area contributed by atoms with Gasteiger partial charge in [0.15, 0.2) is 0 Å². The maximum Gasteiger partial charge on any atom is 0.123 e. The summed E-state index contributed by atoms with van der Waals surface area (Å²) in [7, 11) is 0. The van der Waals surface area contributed by atoms with E-state index < -0.39 is 0 Å². The molecule has 0 saturated carbocycles. The van der Waals surface area contributed by atoms with Crippen molar-refractivity contribution in [2.75, 3.05) is 0 Å². The van der Waals surface area contributed by atoms with Crippen molar-refractivity contribution in [3.05, 3.63) is 53.6 Å². The highest BCUT2D eigenvalue weighted by molar-refractivity contribution is 5.67. The number of nitrogens with zero attached hydrogens (tertiary/aromatic N) is 1. The molecule has 2 heteroatoms. The van der Waals surface area contributed by atoms with Crippen molar-refractivity contribution in [1.29, 1.82) is 0 Å². The molecule has 0 unspecified atom stereocenters.